The molecule has 5 nitrogen and oxygen atoms in total. The third-order valence-corrected chi connectivity index (χ3v) is 2.15. The summed E-state index contributed by atoms with van der Waals surface area (Å²) in [4.78, 5) is 19.5. The summed E-state index contributed by atoms with van der Waals surface area (Å²) in [6.07, 6.45) is 1.11. The van der Waals surface area contributed by atoms with Gasteiger partial charge in [0, 0.05) is 12.6 Å². The van der Waals surface area contributed by atoms with Crippen LogP contribution in [0.3, 0.4) is 0 Å². The smallest absolute Gasteiger partial charge is 0.348 e. The normalized spacial score (nSPS) is 19.5. The molecular weight excluding hydrogens is 196 g/mol. The number of oxime groups is 1. The number of aliphatic carboxylic acids is 1. The van der Waals surface area contributed by atoms with Crippen LogP contribution in [-0.2, 0) is 9.63 Å². The Kier molecular flexibility index (Phi) is 2.37. The first-order valence-corrected chi connectivity index (χ1v) is 4.55. The fourth-order valence-electron chi connectivity index (χ4n) is 1.30. The molecule has 5 heteroatoms. The SMILES string of the molecule is Cc1ccc(C2=NOC(C(=O)O)C2)nc1. The Balaban J connectivity index is 2.14. The number of pyridine rings is 1. The number of rotatable bonds is 2. The predicted molar refractivity (Wildman–Crippen MR) is 52.6 cm³/mol. The van der Waals surface area contributed by atoms with Gasteiger partial charge in [0.1, 0.15) is 5.71 Å². The Morgan fingerprint density at radius 2 is 2.40 bits per heavy atom. The van der Waals surface area contributed by atoms with E-state index >= 15 is 0 Å². The third kappa shape index (κ3) is 1.96. The first-order valence-electron chi connectivity index (χ1n) is 4.55. The highest BCUT2D eigenvalue weighted by atomic mass is 16.7. The minimum Gasteiger partial charge on any atom is -0.478 e. The first kappa shape index (κ1) is 9.64. The minimum atomic E-state index is -0.999. The van der Waals surface area contributed by atoms with Crippen molar-refractivity contribution in [1.82, 2.24) is 4.98 Å². The van der Waals surface area contributed by atoms with Gasteiger partial charge in [-0.2, -0.15) is 0 Å². The van der Waals surface area contributed by atoms with E-state index in [0.29, 0.717) is 11.4 Å². The maximum atomic E-state index is 10.6. The lowest BCUT2D eigenvalue weighted by atomic mass is 10.1. The van der Waals surface area contributed by atoms with E-state index in [1.54, 1.807) is 6.20 Å². The number of carboxylic acids is 1. The Labute approximate surface area is 86.4 Å². The second kappa shape index (κ2) is 3.68. The van der Waals surface area contributed by atoms with Gasteiger partial charge in [0.15, 0.2) is 0 Å². The summed E-state index contributed by atoms with van der Waals surface area (Å²) in [5.41, 5.74) is 2.31. The second-order valence-corrected chi connectivity index (χ2v) is 3.40. The lowest BCUT2D eigenvalue weighted by Crippen LogP contribution is -2.20. The molecule has 15 heavy (non-hydrogen) atoms. The van der Waals surface area contributed by atoms with Crippen LogP contribution in [0.5, 0.6) is 0 Å². The van der Waals surface area contributed by atoms with Crippen LogP contribution in [0.1, 0.15) is 17.7 Å². The molecule has 78 valence electrons. The van der Waals surface area contributed by atoms with Crippen molar-refractivity contribution in [3.8, 4) is 0 Å². The molecule has 0 amide bonds. The summed E-state index contributed by atoms with van der Waals surface area (Å²) in [7, 11) is 0. The van der Waals surface area contributed by atoms with Crippen LogP contribution in [0, 0.1) is 6.92 Å². The average Bonchev–Trinajstić information content (AvgIpc) is 2.68. The van der Waals surface area contributed by atoms with Crippen LogP contribution >= 0.6 is 0 Å². The topological polar surface area (TPSA) is 71.8 Å². The van der Waals surface area contributed by atoms with E-state index in [2.05, 4.69) is 10.1 Å². The average molecular weight is 206 g/mol. The summed E-state index contributed by atoms with van der Waals surface area (Å²) >= 11 is 0. The van der Waals surface area contributed by atoms with E-state index in [1.165, 1.54) is 0 Å². The number of aromatic nitrogens is 1. The van der Waals surface area contributed by atoms with Crippen LogP contribution in [0.15, 0.2) is 23.5 Å². The van der Waals surface area contributed by atoms with E-state index in [1.807, 2.05) is 19.1 Å². The molecule has 0 aliphatic carbocycles. The molecule has 0 radical (unpaired) electrons. The van der Waals surface area contributed by atoms with E-state index in [-0.39, 0.29) is 6.42 Å². The zero-order chi connectivity index (χ0) is 10.8. The summed E-state index contributed by atoms with van der Waals surface area (Å²) in [5, 5.41) is 12.4. The molecule has 0 saturated heterocycles. The molecule has 1 aliphatic heterocycles. The van der Waals surface area contributed by atoms with Gasteiger partial charge in [0.05, 0.1) is 5.69 Å². The van der Waals surface area contributed by atoms with Crippen LogP contribution in [0.25, 0.3) is 0 Å². The van der Waals surface area contributed by atoms with Gasteiger partial charge < -0.3 is 9.94 Å². The maximum absolute atomic E-state index is 10.6. The number of aryl methyl sites for hydroxylation is 1. The molecule has 0 spiro atoms. The lowest BCUT2D eigenvalue weighted by molar-refractivity contribution is -0.148. The summed E-state index contributed by atoms with van der Waals surface area (Å²) in [5.74, 6) is -0.999. The molecule has 2 rings (SSSR count). The molecule has 1 aromatic rings. The minimum absolute atomic E-state index is 0.269. The summed E-state index contributed by atoms with van der Waals surface area (Å²) < 4.78 is 0. The fourth-order valence-corrected chi connectivity index (χ4v) is 1.30. The second-order valence-electron chi connectivity index (χ2n) is 3.40. The molecule has 1 aromatic heterocycles. The van der Waals surface area contributed by atoms with Crippen molar-refractivity contribution in [2.75, 3.05) is 0 Å². The number of nitrogens with zero attached hydrogens (tertiary/aromatic N) is 2. The molecule has 0 fully saturated rings. The Morgan fingerprint density at radius 3 is 2.93 bits per heavy atom. The molecular formula is C10H10N2O3. The van der Waals surface area contributed by atoms with Crippen molar-refractivity contribution in [3.05, 3.63) is 29.6 Å². The van der Waals surface area contributed by atoms with Crippen LogP contribution in [0.4, 0.5) is 0 Å². The first-order chi connectivity index (χ1) is 7.16. The predicted octanol–water partition coefficient (Wildman–Crippen LogP) is 0.968. The molecule has 1 unspecified atom stereocenters. The quantitative estimate of drug-likeness (QED) is 0.782. The summed E-state index contributed by atoms with van der Waals surface area (Å²) in [6.45, 7) is 1.93. The van der Waals surface area contributed by atoms with Gasteiger partial charge >= 0.3 is 5.97 Å². The molecule has 0 aromatic carbocycles. The van der Waals surface area contributed by atoms with Crippen LogP contribution in [-0.4, -0.2) is 27.9 Å². The number of hydrogen-bond donors (Lipinski definition) is 1. The molecule has 1 N–H and O–H groups in total. The van der Waals surface area contributed by atoms with Gasteiger partial charge in [-0.1, -0.05) is 11.2 Å². The number of carboxylic acid groups (broad SMARTS) is 1. The van der Waals surface area contributed by atoms with Crippen molar-refractivity contribution >= 4 is 11.7 Å². The Morgan fingerprint density at radius 1 is 1.60 bits per heavy atom. The highest BCUT2D eigenvalue weighted by Crippen LogP contribution is 2.15. The monoisotopic (exact) mass is 206 g/mol. The summed E-state index contributed by atoms with van der Waals surface area (Å²) in [6, 6.07) is 3.71. The molecule has 1 atom stereocenters. The zero-order valence-corrected chi connectivity index (χ0v) is 8.17. The largest absolute Gasteiger partial charge is 0.478 e. The number of hydrogen-bond acceptors (Lipinski definition) is 4. The van der Waals surface area contributed by atoms with Crippen molar-refractivity contribution in [2.45, 2.75) is 19.4 Å². The maximum Gasteiger partial charge on any atom is 0.348 e. The standard InChI is InChI=1S/C10H10N2O3/c1-6-2-3-7(11-5-6)8-4-9(10(13)14)15-12-8/h2-3,5,9H,4H2,1H3,(H,13,14). The highest BCUT2D eigenvalue weighted by Gasteiger charge is 2.28. The van der Waals surface area contributed by atoms with Gasteiger partial charge in [0.25, 0.3) is 0 Å². The van der Waals surface area contributed by atoms with E-state index in [0.717, 1.165) is 5.56 Å². The van der Waals surface area contributed by atoms with Gasteiger partial charge in [-0.3, -0.25) is 4.98 Å². The van der Waals surface area contributed by atoms with Gasteiger partial charge in [-0.25, -0.2) is 4.79 Å². The molecule has 0 bridgehead atoms. The zero-order valence-electron chi connectivity index (χ0n) is 8.17. The fraction of sp³-hybridized carbons (Fsp3) is 0.300. The van der Waals surface area contributed by atoms with Crippen molar-refractivity contribution in [2.24, 2.45) is 5.16 Å². The Hall–Kier alpha value is -1.91. The van der Waals surface area contributed by atoms with Gasteiger partial charge in [0.2, 0.25) is 6.10 Å². The van der Waals surface area contributed by atoms with Crippen LogP contribution < -0.4 is 0 Å². The van der Waals surface area contributed by atoms with E-state index in [9.17, 15) is 4.79 Å². The van der Waals surface area contributed by atoms with Crippen LogP contribution in [0.2, 0.25) is 0 Å². The van der Waals surface area contributed by atoms with E-state index < -0.39 is 12.1 Å². The van der Waals surface area contributed by atoms with E-state index in [4.69, 9.17) is 9.94 Å². The highest BCUT2D eigenvalue weighted by molar-refractivity contribution is 6.01. The lowest BCUT2D eigenvalue weighted by Gasteiger charge is -1.99. The van der Waals surface area contributed by atoms with Gasteiger partial charge in [-0.05, 0) is 18.6 Å². The number of carbonyl (C=O) groups is 1. The van der Waals surface area contributed by atoms with Crippen molar-refractivity contribution in [1.29, 1.82) is 0 Å². The molecule has 2 heterocycles. The molecule has 0 saturated carbocycles. The van der Waals surface area contributed by atoms with Crippen molar-refractivity contribution in [3.63, 3.8) is 0 Å². The van der Waals surface area contributed by atoms with Gasteiger partial charge in [-0.15, -0.1) is 0 Å². The molecule has 1 aliphatic rings. The Bertz CT molecular complexity index is 411. The third-order valence-electron chi connectivity index (χ3n) is 2.15. The van der Waals surface area contributed by atoms with Crippen molar-refractivity contribution < 1.29 is 14.7 Å².